The highest BCUT2D eigenvalue weighted by Crippen LogP contribution is 2.19. The van der Waals surface area contributed by atoms with Crippen LogP contribution < -0.4 is 22.2 Å². The van der Waals surface area contributed by atoms with Crippen molar-refractivity contribution in [2.75, 3.05) is 0 Å². The summed E-state index contributed by atoms with van der Waals surface area (Å²) in [7, 11) is 0. The number of imidazole rings is 2. The lowest BCUT2D eigenvalue weighted by Gasteiger charge is -2.04. The van der Waals surface area contributed by atoms with Crippen LogP contribution in [-0.4, -0.2) is 28.2 Å². The lowest BCUT2D eigenvalue weighted by atomic mass is 10.1. The van der Waals surface area contributed by atoms with Gasteiger partial charge in [0.05, 0.1) is 45.6 Å². The first-order chi connectivity index (χ1) is 18.5. The highest BCUT2D eigenvalue weighted by Gasteiger charge is 2.21. The van der Waals surface area contributed by atoms with Crippen LogP contribution in [0.4, 0.5) is 0 Å². The number of rotatable bonds is 4. The summed E-state index contributed by atoms with van der Waals surface area (Å²) in [6, 6.07) is 16.4. The van der Waals surface area contributed by atoms with Gasteiger partial charge >= 0.3 is 0 Å². The van der Waals surface area contributed by atoms with Gasteiger partial charge in [-0.1, -0.05) is 0 Å². The van der Waals surface area contributed by atoms with Gasteiger partial charge in [0.25, 0.3) is 22.2 Å². The SMILES string of the molecule is O=c1c2cc3c(=O)n(-c4ccc(-n5ccnc5)cc4)c(=O)c3cc2c(=O)n1-c1ccc(-n2ccnc2)cc1. The average molecular weight is 500 g/mol. The maximum atomic E-state index is 13.3. The van der Waals surface area contributed by atoms with Crippen LogP contribution in [0.1, 0.15) is 0 Å². The molecule has 0 unspecified atom stereocenters. The molecule has 0 saturated carbocycles. The van der Waals surface area contributed by atoms with Crippen molar-refractivity contribution in [2.24, 2.45) is 0 Å². The Balaban J connectivity index is 1.36. The molecule has 0 saturated heterocycles. The summed E-state index contributed by atoms with van der Waals surface area (Å²) in [6.45, 7) is 0. The molecule has 4 aromatic heterocycles. The van der Waals surface area contributed by atoms with Crippen molar-refractivity contribution < 1.29 is 0 Å². The Labute approximate surface area is 212 Å². The van der Waals surface area contributed by atoms with Crippen LogP contribution >= 0.6 is 0 Å². The molecule has 0 spiro atoms. The minimum atomic E-state index is -0.549. The second-order valence-corrected chi connectivity index (χ2v) is 8.81. The molecule has 4 heterocycles. The van der Waals surface area contributed by atoms with Crippen LogP contribution in [0.15, 0.2) is 117 Å². The first kappa shape index (κ1) is 21.6. The van der Waals surface area contributed by atoms with Crippen LogP contribution in [0.3, 0.4) is 0 Å². The van der Waals surface area contributed by atoms with Gasteiger partial charge in [0.2, 0.25) is 0 Å². The quantitative estimate of drug-likeness (QED) is 0.366. The number of hydrogen-bond acceptors (Lipinski definition) is 6. The number of benzene rings is 3. The van der Waals surface area contributed by atoms with Crippen LogP contribution in [0.5, 0.6) is 0 Å². The van der Waals surface area contributed by atoms with E-state index >= 15 is 0 Å². The zero-order chi connectivity index (χ0) is 26.0. The lowest BCUT2D eigenvalue weighted by Crippen LogP contribution is -2.24. The summed E-state index contributed by atoms with van der Waals surface area (Å²) in [6.07, 6.45) is 10.1. The van der Waals surface area contributed by atoms with Gasteiger partial charge in [-0.3, -0.25) is 19.2 Å². The van der Waals surface area contributed by atoms with Crippen molar-refractivity contribution >= 4 is 21.5 Å². The first-order valence-electron chi connectivity index (χ1n) is 11.6. The predicted octanol–water partition coefficient (Wildman–Crippen LogP) is 2.26. The third-order valence-electron chi connectivity index (χ3n) is 6.71. The molecule has 3 aromatic carbocycles. The molecular weight excluding hydrogens is 484 g/mol. The highest BCUT2D eigenvalue weighted by atomic mass is 16.2. The van der Waals surface area contributed by atoms with Gasteiger partial charge in [-0.25, -0.2) is 19.1 Å². The fourth-order valence-corrected chi connectivity index (χ4v) is 4.81. The molecule has 0 aliphatic carbocycles. The normalized spacial score (nSPS) is 11.6. The average Bonchev–Trinajstić information content (AvgIpc) is 3.74. The minimum Gasteiger partial charge on any atom is -0.306 e. The molecule has 38 heavy (non-hydrogen) atoms. The maximum absolute atomic E-state index is 13.3. The Bertz CT molecular complexity index is 1940. The van der Waals surface area contributed by atoms with Crippen molar-refractivity contribution in [3.63, 3.8) is 0 Å². The molecule has 10 nitrogen and oxygen atoms in total. The fraction of sp³-hybridized carbons (Fsp3) is 0. The second kappa shape index (κ2) is 7.93. The third kappa shape index (κ3) is 3.07. The van der Waals surface area contributed by atoms with Gasteiger partial charge in [0.15, 0.2) is 0 Å². The van der Waals surface area contributed by atoms with E-state index in [4.69, 9.17) is 0 Å². The molecule has 10 heteroatoms. The zero-order valence-corrected chi connectivity index (χ0v) is 19.6. The van der Waals surface area contributed by atoms with Gasteiger partial charge in [0, 0.05) is 36.2 Å². The number of fused-ring (bicyclic) bond motifs is 2. The third-order valence-corrected chi connectivity index (χ3v) is 6.71. The molecule has 0 radical (unpaired) electrons. The molecule has 0 bridgehead atoms. The van der Waals surface area contributed by atoms with Crippen molar-refractivity contribution in [1.29, 1.82) is 0 Å². The fourth-order valence-electron chi connectivity index (χ4n) is 4.81. The number of hydrogen-bond donors (Lipinski definition) is 0. The van der Waals surface area contributed by atoms with E-state index in [1.54, 1.807) is 95.1 Å². The van der Waals surface area contributed by atoms with Crippen LogP contribution in [0, 0.1) is 0 Å². The van der Waals surface area contributed by atoms with E-state index in [0.29, 0.717) is 11.4 Å². The molecule has 0 N–H and O–H groups in total. The molecule has 0 atom stereocenters. The van der Waals surface area contributed by atoms with E-state index in [-0.39, 0.29) is 21.5 Å². The van der Waals surface area contributed by atoms with E-state index in [1.165, 1.54) is 12.1 Å². The van der Waals surface area contributed by atoms with Crippen molar-refractivity contribution in [3.05, 3.63) is 140 Å². The van der Waals surface area contributed by atoms with E-state index in [9.17, 15) is 19.2 Å². The monoisotopic (exact) mass is 500 g/mol. The molecule has 0 fully saturated rings. The molecule has 0 amide bonds. The van der Waals surface area contributed by atoms with E-state index in [2.05, 4.69) is 9.97 Å². The Hall–Kier alpha value is -5.64. The van der Waals surface area contributed by atoms with E-state index in [0.717, 1.165) is 20.5 Å². The summed E-state index contributed by atoms with van der Waals surface area (Å²) < 4.78 is 5.70. The summed E-state index contributed by atoms with van der Waals surface area (Å²) in [5.74, 6) is 0. The van der Waals surface area contributed by atoms with Crippen LogP contribution in [-0.2, 0) is 0 Å². The van der Waals surface area contributed by atoms with Crippen molar-refractivity contribution in [3.8, 4) is 22.7 Å². The smallest absolute Gasteiger partial charge is 0.266 e. The molecule has 0 aliphatic rings. The van der Waals surface area contributed by atoms with Crippen molar-refractivity contribution in [2.45, 2.75) is 0 Å². The van der Waals surface area contributed by atoms with Gasteiger partial charge in [-0.15, -0.1) is 0 Å². The molecule has 0 aliphatic heterocycles. The largest absolute Gasteiger partial charge is 0.306 e. The summed E-state index contributed by atoms with van der Waals surface area (Å²) in [4.78, 5) is 61.2. The lowest BCUT2D eigenvalue weighted by molar-refractivity contribution is 0.981. The summed E-state index contributed by atoms with van der Waals surface area (Å²) >= 11 is 0. The van der Waals surface area contributed by atoms with Gasteiger partial charge < -0.3 is 9.13 Å². The van der Waals surface area contributed by atoms with Gasteiger partial charge in [-0.2, -0.15) is 0 Å². The van der Waals surface area contributed by atoms with Crippen LogP contribution in [0.25, 0.3) is 44.3 Å². The zero-order valence-electron chi connectivity index (χ0n) is 19.6. The van der Waals surface area contributed by atoms with E-state index < -0.39 is 22.2 Å². The first-order valence-corrected chi connectivity index (χ1v) is 11.6. The predicted molar refractivity (Wildman–Crippen MR) is 142 cm³/mol. The summed E-state index contributed by atoms with van der Waals surface area (Å²) in [5.41, 5.74) is 0.207. The molecule has 182 valence electrons. The molecule has 7 aromatic rings. The van der Waals surface area contributed by atoms with E-state index in [1.807, 2.05) is 0 Å². The van der Waals surface area contributed by atoms with Gasteiger partial charge in [-0.05, 0) is 60.7 Å². The Morgan fingerprint density at radius 1 is 0.447 bits per heavy atom. The van der Waals surface area contributed by atoms with Gasteiger partial charge in [0.1, 0.15) is 0 Å². The Kier molecular flexibility index (Phi) is 4.52. The molecular formula is C28H16N6O4. The minimum absolute atomic E-state index is 0.0888. The highest BCUT2D eigenvalue weighted by molar-refractivity contribution is 5.98. The Morgan fingerprint density at radius 2 is 0.763 bits per heavy atom. The summed E-state index contributed by atoms with van der Waals surface area (Å²) in [5, 5.41) is 0.355. The number of aromatic nitrogens is 6. The standard InChI is InChI=1S/C28H16N6O4/c35-25-21-13-23-24(28(38)34(27(23)37)20-7-3-18(4-8-20)32-12-10-30-16-32)14-22(21)26(36)33(25)19-5-1-17(2-6-19)31-11-9-29-15-31/h1-16H. The molecule has 7 rings (SSSR count). The maximum Gasteiger partial charge on any atom is 0.266 e. The topological polar surface area (TPSA) is 114 Å². The van der Waals surface area contributed by atoms with Crippen molar-refractivity contribution in [1.82, 2.24) is 28.2 Å². The number of nitrogens with zero attached hydrogens (tertiary/aromatic N) is 6. The van der Waals surface area contributed by atoms with Crippen LogP contribution in [0.2, 0.25) is 0 Å². The second-order valence-electron chi connectivity index (χ2n) is 8.81. The Morgan fingerprint density at radius 3 is 1.05 bits per heavy atom.